The van der Waals surface area contributed by atoms with Crippen molar-refractivity contribution in [2.45, 2.75) is 26.9 Å². The molecule has 0 spiro atoms. The first-order chi connectivity index (χ1) is 9.43. The van der Waals surface area contributed by atoms with Gasteiger partial charge in [-0.25, -0.2) is 9.07 Å². The molecule has 0 fully saturated rings. The number of aromatic nitrogens is 2. The molecule has 0 radical (unpaired) electrons. The molecule has 6 heteroatoms. The van der Waals surface area contributed by atoms with E-state index >= 15 is 0 Å². The van der Waals surface area contributed by atoms with Gasteiger partial charge in [-0.05, 0) is 37.1 Å². The first-order valence-electron chi connectivity index (χ1n) is 6.21. The van der Waals surface area contributed by atoms with Crippen LogP contribution in [0, 0.1) is 19.7 Å². The summed E-state index contributed by atoms with van der Waals surface area (Å²) in [5.41, 5.74) is 7.06. The predicted molar refractivity (Wildman–Crippen MR) is 74.2 cm³/mol. The largest absolute Gasteiger partial charge is 0.326 e. The Balaban J connectivity index is 2.53. The van der Waals surface area contributed by atoms with Gasteiger partial charge in [0.1, 0.15) is 5.82 Å². The molecule has 3 N–H and O–H groups in total. The molecule has 1 heterocycles. The average Bonchev–Trinajstić information content (AvgIpc) is 2.43. The van der Waals surface area contributed by atoms with Crippen LogP contribution in [-0.4, -0.2) is 9.78 Å². The monoisotopic (exact) mass is 277 g/mol. The maximum absolute atomic E-state index is 13.3. The fourth-order valence-electron chi connectivity index (χ4n) is 2.01. The second-order valence-electron chi connectivity index (χ2n) is 4.70. The molecule has 0 saturated carbocycles. The molecule has 0 aliphatic heterocycles. The molecule has 0 unspecified atom stereocenters. The molecule has 2 rings (SSSR count). The summed E-state index contributed by atoms with van der Waals surface area (Å²) in [6.07, 6.45) is 0. The van der Waals surface area contributed by atoms with Crippen molar-refractivity contribution in [2.24, 2.45) is 5.73 Å². The summed E-state index contributed by atoms with van der Waals surface area (Å²) >= 11 is 0. The van der Waals surface area contributed by atoms with Gasteiger partial charge in [0.2, 0.25) is 0 Å². The minimum atomic E-state index is -0.406. The van der Waals surface area contributed by atoms with Crippen molar-refractivity contribution < 1.29 is 4.39 Å². The molecule has 5 nitrogen and oxygen atoms in total. The number of rotatable bonds is 3. The van der Waals surface area contributed by atoms with Crippen molar-refractivity contribution >= 4 is 0 Å². The lowest BCUT2D eigenvalue weighted by atomic mass is 10.1. The molecule has 0 amide bonds. The lowest BCUT2D eigenvalue weighted by Gasteiger charge is -2.11. The summed E-state index contributed by atoms with van der Waals surface area (Å²) in [7, 11) is 0. The number of halogens is 1. The second-order valence-corrected chi connectivity index (χ2v) is 4.70. The lowest BCUT2D eigenvalue weighted by Crippen LogP contribution is -2.33. The van der Waals surface area contributed by atoms with E-state index in [0.29, 0.717) is 16.7 Å². The van der Waals surface area contributed by atoms with Crippen LogP contribution >= 0.6 is 0 Å². The van der Waals surface area contributed by atoms with E-state index in [1.54, 1.807) is 19.9 Å². The highest BCUT2D eigenvalue weighted by molar-refractivity contribution is 5.28. The second kappa shape index (κ2) is 5.42. The van der Waals surface area contributed by atoms with Crippen LogP contribution in [0.2, 0.25) is 0 Å². The first-order valence-corrected chi connectivity index (χ1v) is 6.21. The molecule has 0 aliphatic carbocycles. The van der Waals surface area contributed by atoms with E-state index in [4.69, 9.17) is 5.73 Å². The van der Waals surface area contributed by atoms with Crippen LogP contribution in [0.25, 0.3) is 0 Å². The van der Waals surface area contributed by atoms with Gasteiger partial charge < -0.3 is 5.73 Å². The minimum Gasteiger partial charge on any atom is -0.326 e. The maximum Gasteiger partial charge on any atom is 0.268 e. The maximum atomic E-state index is 13.3. The van der Waals surface area contributed by atoms with E-state index in [9.17, 15) is 14.0 Å². The van der Waals surface area contributed by atoms with E-state index in [1.807, 2.05) is 0 Å². The van der Waals surface area contributed by atoms with Gasteiger partial charge in [0, 0.05) is 17.7 Å². The molecule has 1 aromatic heterocycles. The van der Waals surface area contributed by atoms with Crippen LogP contribution in [0.3, 0.4) is 0 Å². The SMILES string of the molecule is Cc1c(C)c(=O)n(Cc2cc(F)ccc2CN)[nH]c1=O. The van der Waals surface area contributed by atoms with Crippen LogP contribution in [0.1, 0.15) is 22.3 Å². The molecule has 0 bridgehead atoms. The number of hydrogen-bond acceptors (Lipinski definition) is 3. The molecule has 1 aromatic carbocycles. The van der Waals surface area contributed by atoms with Crippen molar-refractivity contribution in [1.82, 2.24) is 9.78 Å². The van der Waals surface area contributed by atoms with Crippen molar-refractivity contribution in [3.63, 3.8) is 0 Å². The highest BCUT2D eigenvalue weighted by Gasteiger charge is 2.10. The summed E-state index contributed by atoms with van der Waals surface area (Å²) in [4.78, 5) is 23.8. The first kappa shape index (κ1) is 14.2. The molecular weight excluding hydrogens is 261 g/mol. The van der Waals surface area contributed by atoms with Crippen LogP contribution in [0.4, 0.5) is 4.39 Å². The third-order valence-corrected chi connectivity index (χ3v) is 3.42. The van der Waals surface area contributed by atoms with Crippen molar-refractivity contribution in [2.75, 3.05) is 0 Å². The van der Waals surface area contributed by atoms with Gasteiger partial charge in [-0.1, -0.05) is 6.07 Å². The van der Waals surface area contributed by atoms with Gasteiger partial charge in [-0.15, -0.1) is 0 Å². The molecule has 106 valence electrons. The van der Waals surface area contributed by atoms with Gasteiger partial charge >= 0.3 is 0 Å². The zero-order valence-electron chi connectivity index (χ0n) is 11.4. The highest BCUT2D eigenvalue weighted by Crippen LogP contribution is 2.11. The number of nitrogens with zero attached hydrogens (tertiary/aromatic N) is 1. The number of hydrogen-bond donors (Lipinski definition) is 2. The zero-order chi connectivity index (χ0) is 14.9. The fraction of sp³-hybridized carbons (Fsp3) is 0.286. The average molecular weight is 277 g/mol. The third-order valence-electron chi connectivity index (χ3n) is 3.42. The highest BCUT2D eigenvalue weighted by atomic mass is 19.1. The summed E-state index contributed by atoms with van der Waals surface area (Å²) in [5, 5.41) is 2.49. The zero-order valence-corrected chi connectivity index (χ0v) is 11.4. The Morgan fingerprint density at radius 1 is 1.20 bits per heavy atom. The van der Waals surface area contributed by atoms with E-state index < -0.39 is 5.82 Å². The molecule has 20 heavy (non-hydrogen) atoms. The van der Waals surface area contributed by atoms with E-state index in [-0.39, 0.29) is 24.2 Å². The number of nitrogens with one attached hydrogen (secondary N) is 1. The Labute approximate surface area is 114 Å². The van der Waals surface area contributed by atoms with Crippen LogP contribution < -0.4 is 16.9 Å². The van der Waals surface area contributed by atoms with Gasteiger partial charge in [0.15, 0.2) is 0 Å². The number of H-pyrrole nitrogens is 1. The topological polar surface area (TPSA) is 80.9 Å². The summed E-state index contributed by atoms with van der Waals surface area (Å²) in [6, 6.07) is 4.22. The molecule has 0 aliphatic rings. The summed E-state index contributed by atoms with van der Waals surface area (Å²) < 4.78 is 14.5. The number of nitrogens with two attached hydrogens (primary N) is 1. The van der Waals surface area contributed by atoms with Crippen LogP contribution in [0.5, 0.6) is 0 Å². The number of aromatic amines is 1. The van der Waals surface area contributed by atoms with Gasteiger partial charge in [0.25, 0.3) is 11.1 Å². The standard InChI is InChI=1S/C14H16FN3O2/c1-8-9(2)14(20)18(17-13(8)19)7-11-5-12(15)4-3-10(11)6-16/h3-5H,6-7,16H2,1-2H3,(H,17,19). The third kappa shape index (κ3) is 2.55. The molecule has 0 atom stereocenters. The van der Waals surface area contributed by atoms with Gasteiger partial charge in [-0.3, -0.25) is 14.7 Å². The van der Waals surface area contributed by atoms with Crippen molar-refractivity contribution in [3.05, 3.63) is 67.0 Å². The minimum absolute atomic E-state index is 0.0828. The van der Waals surface area contributed by atoms with Gasteiger partial charge in [-0.2, -0.15) is 0 Å². The molecular formula is C14H16FN3O2. The summed E-state index contributed by atoms with van der Waals surface area (Å²) in [5.74, 6) is -0.406. The smallest absolute Gasteiger partial charge is 0.268 e. The van der Waals surface area contributed by atoms with E-state index in [2.05, 4.69) is 5.10 Å². The Morgan fingerprint density at radius 3 is 2.55 bits per heavy atom. The van der Waals surface area contributed by atoms with Crippen LogP contribution in [-0.2, 0) is 13.1 Å². The Hall–Kier alpha value is -2.21. The lowest BCUT2D eigenvalue weighted by molar-refractivity contribution is 0.598. The van der Waals surface area contributed by atoms with E-state index in [0.717, 1.165) is 5.56 Å². The fourth-order valence-corrected chi connectivity index (χ4v) is 2.01. The summed E-state index contributed by atoms with van der Waals surface area (Å²) in [6.45, 7) is 3.51. The van der Waals surface area contributed by atoms with Crippen molar-refractivity contribution in [3.8, 4) is 0 Å². The quantitative estimate of drug-likeness (QED) is 0.870. The van der Waals surface area contributed by atoms with Crippen LogP contribution in [0.15, 0.2) is 27.8 Å². The van der Waals surface area contributed by atoms with E-state index in [1.165, 1.54) is 16.8 Å². The Kier molecular flexibility index (Phi) is 3.85. The number of benzene rings is 1. The van der Waals surface area contributed by atoms with Gasteiger partial charge in [0.05, 0.1) is 6.54 Å². The Bertz CT molecular complexity index is 762. The molecule has 0 saturated heterocycles. The van der Waals surface area contributed by atoms with Crippen molar-refractivity contribution in [1.29, 1.82) is 0 Å². The predicted octanol–water partition coefficient (Wildman–Crippen LogP) is 0.800. The Morgan fingerprint density at radius 2 is 1.90 bits per heavy atom. The normalized spacial score (nSPS) is 10.8. The molecule has 2 aromatic rings.